The number of aryl methyl sites for hydroxylation is 2. The van der Waals surface area contributed by atoms with Crippen LogP contribution in [0, 0.1) is 5.82 Å². The SMILES string of the molecule is O=C(O)[C@H](c1c(F)cccc1[C@@H]1CCCCO1)N1CC[C@@H](OCCCCc2ccc3c(n2)NCCC3)C1. The molecule has 2 N–H and O–H groups in total. The fourth-order valence-electron chi connectivity index (χ4n) is 5.86. The van der Waals surface area contributed by atoms with Crippen molar-refractivity contribution in [3.05, 3.63) is 58.5 Å². The lowest BCUT2D eigenvalue weighted by molar-refractivity contribution is -0.143. The fraction of sp³-hybridized carbons (Fsp3) is 0.586. The van der Waals surface area contributed by atoms with Crippen LogP contribution in [0.4, 0.5) is 10.2 Å². The Morgan fingerprint density at radius 2 is 2.14 bits per heavy atom. The molecule has 3 aliphatic rings. The number of carboxylic acid groups (broad SMARTS) is 1. The molecule has 5 rings (SSSR count). The minimum Gasteiger partial charge on any atom is -0.480 e. The predicted molar refractivity (Wildman–Crippen MR) is 139 cm³/mol. The molecule has 3 aliphatic heterocycles. The van der Waals surface area contributed by atoms with Crippen molar-refractivity contribution in [3.8, 4) is 0 Å². The van der Waals surface area contributed by atoms with E-state index in [2.05, 4.69) is 17.4 Å². The number of carboxylic acids is 1. The average Bonchev–Trinajstić information content (AvgIpc) is 3.38. The Hall–Kier alpha value is -2.55. The first-order valence-corrected chi connectivity index (χ1v) is 13.8. The molecular weight excluding hydrogens is 473 g/mol. The van der Waals surface area contributed by atoms with Crippen LogP contribution in [0.1, 0.15) is 79.5 Å². The Labute approximate surface area is 218 Å². The second kappa shape index (κ2) is 12.3. The number of benzene rings is 1. The van der Waals surface area contributed by atoms with Gasteiger partial charge in [0.15, 0.2) is 0 Å². The van der Waals surface area contributed by atoms with Crippen LogP contribution in [-0.2, 0) is 27.1 Å². The molecule has 2 aromatic rings. The zero-order valence-electron chi connectivity index (χ0n) is 21.5. The summed E-state index contributed by atoms with van der Waals surface area (Å²) in [4.78, 5) is 19.0. The second-order valence-electron chi connectivity index (χ2n) is 10.4. The van der Waals surface area contributed by atoms with Gasteiger partial charge in [-0.3, -0.25) is 9.69 Å². The molecule has 2 fully saturated rings. The number of aliphatic carboxylic acids is 1. The van der Waals surface area contributed by atoms with Crippen molar-refractivity contribution >= 4 is 11.8 Å². The molecule has 37 heavy (non-hydrogen) atoms. The molecule has 3 atom stereocenters. The van der Waals surface area contributed by atoms with Gasteiger partial charge < -0.3 is 19.9 Å². The van der Waals surface area contributed by atoms with E-state index >= 15 is 4.39 Å². The molecule has 0 saturated carbocycles. The van der Waals surface area contributed by atoms with E-state index in [0.29, 0.717) is 31.9 Å². The summed E-state index contributed by atoms with van der Waals surface area (Å²) in [5.41, 5.74) is 3.32. The third-order valence-electron chi connectivity index (χ3n) is 7.79. The van der Waals surface area contributed by atoms with Crippen LogP contribution in [-0.4, -0.2) is 59.9 Å². The summed E-state index contributed by atoms with van der Waals surface area (Å²) in [7, 11) is 0. The smallest absolute Gasteiger partial charge is 0.325 e. The number of hydrogen-bond acceptors (Lipinski definition) is 6. The minimum atomic E-state index is -1.04. The van der Waals surface area contributed by atoms with Crippen LogP contribution in [0.2, 0.25) is 0 Å². The first-order valence-electron chi connectivity index (χ1n) is 13.8. The highest BCUT2D eigenvalue weighted by Gasteiger charge is 2.38. The van der Waals surface area contributed by atoms with E-state index in [0.717, 1.165) is 75.8 Å². The van der Waals surface area contributed by atoms with Gasteiger partial charge in [-0.05, 0) is 81.0 Å². The van der Waals surface area contributed by atoms with Crippen molar-refractivity contribution in [2.45, 2.75) is 76.0 Å². The van der Waals surface area contributed by atoms with Crippen molar-refractivity contribution in [3.63, 3.8) is 0 Å². The Bertz CT molecular complexity index is 1080. The number of anilines is 1. The number of hydrogen-bond donors (Lipinski definition) is 2. The maximum Gasteiger partial charge on any atom is 0.325 e. The number of nitrogens with zero attached hydrogens (tertiary/aromatic N) is 2. The summed E-state index contributed by atoms with van der Waals surface area (Å²) < 4.78 is 27.1. The van der Waals surface area contributed by atoms with Gasteiger partial charge in [0.1, 0.15) is 17.7 Å². The molecule has 0 bridgehead atoms. The second-order valence-corrected chi connectivity index (χ2v) is 10.4. The van der Waals surface area contributed by atoms with E-state index in [4.69, 9.17) is 14.5 Å². The number of halogens is 1. The quantitative estimate of drug-likeness (QED) is 0.432. The summed E-state index contributed by atoms with van der Waals surface area (Å²) in [5, 5.41) is 13.5. The molecule has 0 amide bonds. The summed E-state index contributed by atoms with van der Waals surface area (Å²) in [6.45, 7) is 3.28. The molecule has 0 spiro atoms. The number of carbonyl (C=O) groups is 1. The van der Waals surface area contributed by atoms with Gasteiger partial charge in [0.05, 0.1) is 12.2 Å². The van der Waals surface area contributed by atoms with Crippen molar-refractivity contribution < 1.29 is 23.8 Å². The molecular formula is C29H38FN3O4. The standard InChI is InChI=1S/C29H38FN3O4/c30-24-10-5-9-23(25-11-2-4-18-37-25)26(24)27(29(34)35)33-16-14-22(19-33)36-17-3-1-8-21-13-12-20-7-6-15-31-28(20)32-21/h5,9-10,12-13,22,25,27H,1-4,6-8,11,14-19H2,(H,31,32)(H,34,35)/t22-,25+,27+/m1/s1. The zero-order chi connectivity index (χ0) is 25.6. The van der Waals surface area contributed by atoms with E-state index in [1.54, 1.807) is 6.07 Å². The first-order chi connectivity index (χ1) is 18.1. The number of unbranched alkanes of at least 4 members (excludes halogenated alkanes) is 1. The first kappa shape index (κ1) is 26.1. The number of likely N-dealkylation sites (tertiary alicyclic amines) is 1. The number of ether oxygens (including phenoxy) is 2. The normalized spacial score (nSPS) is 22.8. The van der Waals surface area contributed by atoms with Gasteiger partial charge in [0, 0.05) is 44.1 Å². The third kappa shape index (κ3) is 6.30. The topological polar surface area (TPSA) is 83.9 Å². The number of aromatic nitrogens is 1. The molecule has 1 aromatic heterocycles. The van der Waals surface area contributed by atoms with E-state index < -0.39 is 17.8 Å². The van der Waals surface area contributed by atoms with Gasteiger partial charge in [-0.25, -0.2) is 9.37 Å². The van der Waals surface area contributed by atoms with Crippen LogP contribution in [0.5, 0.6) is 0 Å². The Kier molecular flexibility index (Phi) is 8.69. The monoisotopic (exact) mass is 511 g/mol. The van der Waals surface area contributed by atoms with E-state index in [9.17, 15) is 9.90 Å². The minimum absolute atomic E-state index is 0.0472. The highest BCUT2D eigenvalue weighted by atomic mass is 19.1. The molecule has 2 saturated heterocycles. The highest BCUT2D eigenvalue weighted by molar-refractivity contribution is 5.76. The summed E-state index contributed by atoms with van der Waals surface area (Å²) >= 11 is 0. The molecule has 0 unspecified atom stereocenters. The van der Waals surface area contributed by atoms with Crippen molar-refractivity contribution in [1.29, 1.82) is 0 Å². The largest absolute Gasteiger partial charge is 0.480 e. The Morgan fingerprint density at radius 3 is 2.97 bits per heavy atom. The maximum atomic E-state index is 15.1. The van der Waals surface area contributed by atoms with Crippen LogP contribution in [0.3, 0.4) is 0 Å². The van der Waals surface area contributed by atoms with Gasteiger partial charge in [-0.1, -0.05) is 18.2 Å². The van der Waals surface area contributed by atoms with Crippen LogP contribution < -0.4 is 5.32 Å². The molecule has 1 aromatic carbocycles. The zero-order valence-corrected chi connectivity index (χ0v) is 21.5. The van der Waals surface area contributed by atoms with Crippen molar-refractivity contribution in [2.75, 3.05) is 38.2 Å². The van der Waals surface area contributed by atoms with E-state index in [1.165, 1.54) is 11.6 Å². The maximum absolute atomic E-state index is 15.1. The van der Waals surface area contributed by atoms with Gasteiger partial charge >= 0.3 is 5.97 Å². The van der Waals surface area contributed by atoms with Crippen LogP contribution in [0.25, 0.3) is 0 Å². The van der Waals surface area contributed by atoms with Gasteiger partial charge in [-0.15, -0.1) is 0 Å². The number of rotatable bonds is 10. The van der Waals surface area contributed by atoms with Gasteiger partial charge in [-0.2, -0.15) is 0 Å². The number of fused-ring (bicyclic) bond motifs is 1. The van der Waals surface area contributed by atoms with E-state index in [-0.39, 0.29) is 17.8 Å². The summed E-state index contributed by atoms with van der Waals surface area (Å²) in [5.74, 6) is -0.476. The Morgan fingerprint density at radius 1 is 1.22 bits per heavy atom. The molecule has 200 valence electrons. The van der Waals surface area contributed by atoms with Gasteiger partial charge in [0.2, 0.25) is 0 Å². The molecule has 0 radical (unpaired) electrons. The van der Waals surface area contributed by atoms with Crippen LogP contribution in [0.15, 0.2) is 30.3 Å². The molecule has 4 heterocycles. The predicted octanol–water partition coefficient (Wildman–Crippen LogP) is 5.06. The molecule has 8 heteroatoms. The average molecular weight is 512 g/mol. The third-order valence-corrected chi connectivity index (χ3v) is 7.79. The van der Waals surface area contributed by atoms with Crippen molar-refractivity contribution in [2.24, 2.45) is 0 Å². The van der Waals surface area contributed by atoms with E-state index in [1.807, 2.05) is 11.0 Å². The summed E-state index contributed by atoms with van der Waals surface area (Å²) in [6, 6.07) is 8.10. The Balaban J connectivity index is 1.14. The van der Waals surface area contributed by atoms with Gasteiger partial charge in [0.25, 0.3) is 0 Å². The molecule has 0 aliphatic carbocycles. The fourth-order valence-corrected chi connectivity index (χ4v) is 5.86. The van der Waals surface area contributed by atoms with Crippen molar-refractivity contribution in [1.82, 2.24) is 9.88 Å². The highest BCUT2D eigenvalue weighted by Crippen LogP contribution is 2.37. The lowest BCUT2D eigenvalue weighted by Crippen LogP contribution is -2.35. The molecule has 7 nitrogen and oxygen atoms in total. The lowest BCUT2D eigenvalue weighted by atomic mass is 9.91. The summed E-state index contributed by atoms with van der Waals surface area (Å²) in [6.07, 6.45) is 8.28. The van der Waals surface area contributed by atoms with Crippen LogP contribution >= 0.6 is 0 Å². The number of nitrogens with one attached hydrogen (secondary N) is 1. The number of pyridine rings is 1. The lowest BCUT2D eigenvalue weighted by Gasteiger charge is -2.30.